The van der Waals surface area contributed by atoms with E-state index in [4.69, 9.17) is 14.2 Å². The van der Waals surface area contributed by atoms with E-state index in [1.165, 1.54) is 327 Å². The first kappa shape index (κ1) is 80.9. The van der Waals surface area contributed by atoms with Crippen molar-refractivity contribution >= 4 is 17.9 Å². The molecule has 0 aromatic rings. The van der Waals surface area contributed by atoms with Gasteiger partial charge in [-0.2, -0.15) is 0 Å². The number of hydrogen-bond donors (Lipinski definition) is 0. The van der Waals surface area contributed by atoms with Crippen molar-refractivity contribution in [3.05, 3.63) is 24.3 Å². The van der Waals surface area contributed by atoms with Gasteiger partial charge in [0.05, 0.1) is 0 Å². The number of hydrogen-bond acceptors (Lipinski definition) is 6. The molecule has 0 fully saturated rings. The van der Waals surface area contributed by atoms with Crippen molar-refractivity contribution in [1.29, 1.82) is 0 Å². The topological polar surface area (TPSA) is 78.9 Å². The molecule has 0 aromatic heterocycles. The van der Waals surface area contributed by atoms with E-state index in [1.807, 2.05) is 0 Å². The Morgan fingerprint density at radius 3 is 0.602 bits per heavy atom. The lowest BCUT2D eigenvalue weighted by Gasteiger charge is -2.18. The van der Waals surface area contributed by atoms with Crippen LogP contribution in [0.4, 0.5) is 0 Å². The van der Waals surface area contributed by atoms with Crippen molar-refractivity contribution in [2.24, 2.45) is 0 Å². The van der Waals surface area contributed by atoms with Crippen LogP contribution in [0.1, 0.15) is 432 Å². The zero-order valence-corrected chi connectivity index (χ0v) is 56.5. The second-order valence-electron chi connectivity index (χ2n) is 25.9. The van der Waals surface area contributed by atoms with Crippen LogP contribution in [0.5, 0.6) is 0 Å². The highest BCUT2D eigenvalue weighted by atomic mass is 16.6. The summed E-state index contributed by atoms with van der Waals surface area (Å²) in [6.07, 6.45) is 89.4. The third kappa shape index (κ3) is 70.5. The number of unbranched alkanes of at least 4 members (excludes halogenated alkanes) is 56. The summed E-state index contributed by atoms with van der Waals surface area (Å²) in [6.45, 7) is 6.72. The Hall–Kier alpha value is -2.11. The monoisotopic (exact) mass is 1170 g/mol. The van der Waals surface area contributed by atoms with Gasteiger partial charge < -0.3 is 14.2 Å². The molecule has 0 spiro atoms. The summed E-state index contributed by atoms with van der Waals surface area (Å²) in [7, 11) is 0. The lowest BCUT2D eigenvalue weighted by Crippen LogP contribution is -2.30. The number of ether oxygens (including phenoxy) is 3. The molecule has 0 rings (SSSR count). The van der Waals surface area contributed by atoms with Crippen LogP contribution in [-0.2, 0) is 28.6 Å². The predicted octanol–water partition coefficient (Wildman–Crippen LogP) is 26.1. The quantitative estimate of drug-likeness (QED) is 0.0261. The van der Waals surface area contributed by atoms with E-state index >= 15 is 0 Å². The van der Waals surface area contributed by atoms with E-state index in [1.54, 1.807) is 0 Å². The smallest absolute Gasteiger partial charge is 0.306 e. The first-order valence-electron chi connectivity index (χ1n) is 37.8. The van der Waals surface area contributed by atoms with Crippen LogP contribution in [0.25, 0.3) is 0 Å². The summed E-state index contributed by atoms with van der Waals surface area (Å²) in [6, 6.07) is 0. The summed E-state index contributed by atoms with van der Waals surface area (Å²) in [5.41, 5.74) is 0. The van der Waals surface area contributed by atoms with Crippen LogP contribution in [0.15, 0.2) is 24.3 Å². The van der Waals surface area contributed by atoms with Gasteiger partial charge in [-0.15, -0.1) is 0 Å². The summed E-state index contributed by atoms with van der Waals surface area (Å²) in [5.74, 6) is -0.840. The molecule has 6 heteroatoms. The molecule has 0 radical (unpaired) electrons. The average molecular weight is 1170 g/mol. The fourth-order valence-electron chi connectivity index (χ4n) is 11.7. The number of carbonyl (C=O) groups is 3. The molecule has 1 atom stereocenters. The highest BCUT2D eigenvalue weighted by Gasteiger charge is 2.20. The molecule has 0 heterocycles. The van der Waals surface area contributed by atoms with Crippen LogP contribution in [0.3, 0.4) is 0 Å². The lowest BCUT2D eigenvalue weighted by atomic mass is 10.0. The Balaban J connectivity index is 4.17. The standard InChI is InChI=1S/C77H146O6/c1-4-7-10-13-16-19-22-25-28-30-32-33-34-35-36-37-38-39-40-41-42-43-45-46-49-52-55-58-61-64-67-70-76(79)82-73-74(72-81-75(78)69-66-63-60-57-54-51-48-27-24-21-18-15-12-9-6-3)83-77(80)71-68-65-62-59-56-53-50-47-44-31-29-26-23-20-17-14-11-8-5-2/h27,30,32,48,74H,4-26,28-29,31,33-47,49-73H2,1-3H3/b32-30-,48-27-. The summed E-state index contributed by atoms with van der Waals surface area (Å²) in [4.78, 5) is 38.5. The summed E-state index contributed by atoms with van der Waals surface area (Å²) >= 11 is 0. The van der Waals surface area contributed by atoms with Crippen molar-refractivity contribution in [3.63, 3.8) is 0 Å². The SMILES string of the molecule is CCCCCCCC/C=C\CCCCCCCC(=O)OCC(COC(=O)CCCCCCCCCCCCCCCCCCCCC/C=C\CCCCCCCCCC)OC(=O)CCCCCCCCCCCCCCCCCCCCC. The molecule has 490 valence electrons. The van der Waals surface area contributed by atoms with Crippen molar-refractivity contribution in [2.45, 2.75) is 438 Å². The van der Waals surface area contributed by atoms with Gasteiger partial charge in [0, 0.05) is 19.3 Å². The second kappa shape index (κ2) is 72.4. The van der Waals surface area contributed by atoms with Gasteiger partial charge in [-0.1, -0.05) is 366 Å². The fourth-order valence-corrected chi connectivity index (χ4v) is 11.7. The molecule has 0 aliphatic rings. The van der Waals surface area contributed by atoms with Gasteiger partial charge in [0.25, 0.3) is 0 Å². The first-order chi connectivity index (χ1) is 41.0. The number of allylic oxidation sites excluding steroid dienone is 4. The van der Waals surface area contributed by atoms with Gasteiger partial charge in [0.1, 0.15) is 13.2 Å². The minimum Gasteiger partial charge on any atom is -0.462 e. The number of rotatable bonds is 71. The van der Waals surface area contributed by atoms with Crippen LogP contribution in [0.2, 0.25) is 0 Å². The normalized spacial score (nSPS) is 12.1. The van der Waals surface area contributed by atoms with Crippen molar-refractivity contribution in [1.82, 2.24) is 0 Å². The molecule has 0 aliphatic carbocycles. The molecule has 0 N–H and O–H groups in total. The Morgan fingerprint density at radius 1 is 0.229 bits per heavy atom. The van der Waals surface area contributed by atoms with Gasteiger partial charge in [0.15, 0.2) is 6.10 Å². The van der Waals surface area contributed by atoms with E-state index in [0.29, 0.717) is 19.3 Å². The van der Waals surface area contributed by atoms with E-state index in [-0.39, 0.29) is 31.1 Å². The largest absolute Gasteiger partial charge is 0.462 e. The number of carbonyl (C=O) groups excluding carboxylic acids is 3. The first-order valence-corrected chi connectivity index (χ1v) is 37.8. The lowest BCUT2D eigenvalue weighted by molar-refractivity contribution is -0.167. The van der Waals surface area contributed by atoms with Crippen LogP contribution in [0, 0.1) is 0 Å². The maximum Gasteiger partial charge on any atom is 0.306 e. The molecule has 0 bridgehead atoms. The Kier molecular flexibility index (Phi) is 70.5. The van der Waals surface area contributed by atoms with Gasteiger partial charge in [-0.3, -0.25) is 14.4 Å². The molecule has 0 aromatic carbocycles. The van der Waals surface area contributed by atoms with Crippen LogP contribution < -0.4 is 0 Å². The fraction of sp³-hybridized carbons (Fsp3) is 0.909. The molecule has 0 amide bonds. The molecule has 1 unspecified atom stereocenters. The minimum atomic E-state index is -0.772. The second-order valence-corrected chi connectivity index (χ2v) is 25.9. The number of esters is 3. The Labute approximate surface area is 519 Å². The van der Waals surface area contributed by atoms with Gasteiger partial charge in [-0.05, 0) is 70.6 Å². The molecular weight excluding hydrogens is 1020 g/mol. The molecule has 83 heavy (non-hydrogen) atoms. The minimum absolute atomic E-state index is 0.0670. The molecular formula is C77H146O6. The summed E-state index contributed by atoms with van der Waals surface area (Å²) in [5, 5.41) is 0. The molecule has 6 nitrogen and oxygen atoms in total. The molecule has 0 saturated carbocycles. The van der Waals surface area contributed by atoms with Crippen molar-refractivity contribution < 1.29 is 28.6 Å². The Morgan fingerprint density at radius 2 is 0.398 bits per heavy atom. The predicted molar refractivity (Wildman–Crippen MR) is 363 cm³/mol. The van der Waals surface area contributed by atoms with E-state index < -0.39 is 6.10 Å². The third-order valence-corrected chi connectivity index (χ3v) is 17.4. The van der Waals surface area contributed by atoms with Gasteiger partial charge in [-0.25, -0.2) is 0 Å². The van der Waals surface area contributed by atoms with Crippen LogP contribution in [-0.4, -0.2) is 37.2 Å². The molecule has 0 aliphatic heterocycles. The van der Waals surface area contributed by atoms with Crippen molar-refractivity contribution in [3.8, 4) is 0 Å². The van der Waals surface area contributed by atoms with E-state index in [9.17, 15) is 14.4 Å². The maximum absolute atomic E-state index is 13.0. The summed E-state index contributed by atoms with van der Waals surface area (Å²) < 4.78 is 17.0. The maximum atomic E-state index is 13.0. The van der Waals surface area contributed by atoms with Crippen molar-refractivity contribution in [2.75, 3.05) is 13.2 Å². The highest BCUT2D eigenvalue weighted by molar-refractivity contribution is 5.71. The third-order valence-electron chi connectivity index (χ3n) is 17.4. The molecule has 0 saturated heterocycles. The average Bonchev–Trinajstić information content (AvgIpc) is 3.50. The van der Waals surface area contributed by atoms with E-state index in [0.717, 1.165) is 64.2 Å². The Bertz CT molecular complexity index is 1340. The van der Waals surface area contributed by atoms with E-state index in [2.05, 4.69) is 45.1 Å². The van der Waals surface area contributed by atoms with Gasteiger partial charge >= 0.3 is 17.9 Å². The zero-order valence-electron chi connectivity index (χ0n) is 56.5. The zero-order chi connectivity index (χ0) is 59.9. The highest BCUT2D eigenvalue weighted by Crippen LogP contribution is 2.19. The van der Waals surface area contributed by atoms with Crippen LogP contribution >= 0.6 is 0 Å². The van der Waals surface area contributed by atoms with Gasteiger partial charge in [0.2, 0.25) is 0 Å².